The standard InChI is InChI=1S/C14H18O2/c1-14(13(15)16,10-11-6-5-7-11)12-8-3-2-4-9-12/h2-4,8-9,11H,5-7,10H2,1H3,(H,15,16). The summed E-state index contributed by atoms with van der Waals surface area (Å²) in [4.78, 5) is 11.5. The van der Waals surface area contributed by atoms with Crippen LogP contribution in [0.1, 0.15) is 38.2 Å². The average Bonchev–Trinajstić information content (AvgIpc) is 2.24. The van der Waals surface area contributed by atoms with Gasteiger partial charge in [-0.25, -0.2) is 0 Å². The van der Waals surface area contributed by atoms with E-state index in [0.717, 1.165) is 12.0 Å². The monoisotopic (exact) mass is 218 g/mol. The second-order valence-electron chi connectivity index (χ2n) is 5.00. The summed E-state index contributed by atoms with van der Waals surface area (Å²) in [5.41, 5.74) is 0.209. The van der Waals surface area contributed by atoms with Gasteiger partial charge in [0.25, 0.3) is 0 Å². The van der Waals surface area contributed by atoms with Gasteiger partial charge in [0.2, 0.25) is 0 Å². The number of rotatable bonds is 4. The lowest BCUT2D eigenvalue weighted by Gasteiger charge is -2.34. The van der Waals surface area contributed by atoms with Gasteiger partial charge in [0.15, 0.2) is 0 Å². The van der Waals surface area contributed by atoms with Gasteiger partial charge >= 0.3 is 5.97 Å². The fourth-order valence-corrected chi connectivity index (χ4v) is 2.41. The zero-order valence-electron chi connectivity index (χ0n) is 9.65. The molecule has 0 spiro atoms. The van der Waals surface area contributed by atoms with Crippen LogP contribution in [0.2, 0.25) is 0 Å². The Morgan fingerprint density at radius 2 is 2.00 bits per heavy atom. The molecular weight excluding hydrogens is 200 g/mol. The van der Waals surface area contributed by atoms with Crippen LogP contribution in [0, 0.1) is 5.92 Å². The maximum Gasteiger partial charge on any atom is 0.313 e. The Morgan fingerprint density at radius 3 is 2.44 bits per heavy atom. The quantitative estimate of drug-likeness (QED) is 0.842. The molecule has 1 fully saturated rings. The van der Waals surface area contributed by atoms with E-state index in [-0.39, 0.29) is 0 Å². The predicted molar refractivity (Wildman–Crippen MR) is 63.4 cm³/mol. The summed E-state index contributed by atoms with van der Waals surface area (Å²) in [7, 11) is 0. The highest BCUT2D eigenvalue weighted by Gasteiger charge is 2.38. The molecule has 0 saturated heterocycles. The zero-order chi connectivity index (χ0) is 11.6. The van der Waals surface area contributed by atoms with Crippen molar-refractivity contribution in [2.24, 2.45) is 5.92 Å². The third-order valence-electron chi connectivity index (χ3n) is 3.80. The molecule has 0 heterocycles. The molecule has 0 bridgehead atoms. The lowest BCUT2D eigenvalue weighted by molar-refractivity contribution is -0.144. The molecule has 0 aliphatic heterocycles. The number of carboxylic acids is 1. The second-order valence-corrected chi connectivity index (χ2v) is 5.00. The van der Waals surface area contributed by atoms with E-state index in [4.69, 9.17) is 0 Å². The van der Waals surface area contributed by atoms with Crippen LogP contribution in [0.25, 0.3) is 0 Å². The molecule has 0 aromatic heterocycles. The summed E-state index contributed by atoms with van der Waals surface area (Å²) in [5.74, 6) is -0.105. The SMILES string of the molecule is CC(CC1CCC1)(C(=O)O)c1ccccc1. The number of hydrogen-bond donors (Lipinski definition) is 1. The summed E-state index contributed by atoms with van der Waals surface area (Å²) in [6.45, 7) is 1.85. The Morgan fingerprint density at radius 1 is 1.38 bits per heavy atom. The summed E-state index contributed by atoms with van der Waals surface area (Å²) in [6.07, 6.45) is 4.41. The molecule has 1 aliphatic rings. The van der Waals surface area contributed by atoms with Crippen molar-refractivity contribution in [3.05, 3.63) is 35.9 Å². The third-order valence-corrected chi connectivity index (χ3v) is 3.80. The van der Waals surface area contributed by atoms with Crippen molar-refractivity contribution in [3.63, 3.8) is 0 Å². The largest absolute Gasteiger partial charge is 0.481 e. The molecular formula is C14H18O2. The summed E-state index contributed by atoms with van der Waals surface area (Å²) in [5, 5.41) is 9.45. The summed E-state index contributed by atoms with van der Waals surface area (Å²) < 4.78 is 0. The fourth-order valence-electron chi connectivity index (χ4n) is 2.41. The Balaban J connectivity index is 2.24. The van der Waals surface area contributed by atoms with Crippen LogP contribution < -0.4 is 0 Å². The van der Waals surface area contributed by atoms with E-state index in [1.165, 1.54) is 19.3 Å². The number of benzene rings is 1. The maximum absolute atomic E-state index is 11.5. The van der Waals surface area contributed by atoms with Crippen molar-refractivity contribution in [2.45, 2.75) is 38.0 Å². The average molecular weight is 218 g/mol. The molecule has 1 saturated carbocycles. The first-order chi connectivity index (χ1) is 7.63. The van der Waals surface area contributed by atoms with Crippen molar-refractivity contribution in [3.8, 4) is 0 Å². The minimum Gasteiger partial charge on any atom is -0.481 e. The molecule has 1 unspecified atom stereocenters. The van der Waals surface area contributed by atoms with Crippen molar-refractivity contribution in [1.82, 2.24) is 0 Å². The van der Waals surface area contributed by atoms with Crippen LogP contribution in [0.5, 0.6) is 0 Å². The van der Waals surface area contributed by atoms with Crippen LogP contribution >= 0.6 is 0 Å². The highest BCUT2D eigenvalue weighted by molar-refractivity contribution is 5.80. The van der Waals surface area contributed by atoms with Crippen LogP contribution in [0.3, 0.4) is 0 Å². The lowest BCUT2D eigenvalue weighted by atomic mass is 9.69. The second kappa shape index (κ2) is 4.28. The van der Waals surface area contributed by atoms with E-state index in [0.29, 0.717) is 5.92 Å². The van der Waals surface area contributed by atoms with Gasteiger partial charge < -0.3 is 5.11 Å². The number of aliphatic carboxylic acids is 1. The van der Waals surface area contributed by atoms with Crippen LogP contribution in [0.4, 0.5) is 0 Å². The van der Waals surface area contributed by atoms with E-state index in [1.807, 2.05) is 37.3 Å². The van der Waals surface area contributed by atoms with Gasteiger partial charge in [-0.05, 0) is 24.8 Å². The van der Waals surface area contributed by atoms with Gasteiger partial charge in [-0.1, -0.05) is 49.6 Å². The van der Waals surface area contributed by atoms with Gasteiger partial charge in [0.05, 0.1) is 5.41 Å². The molecule has 1 aliphatic carbocycles. The minimum absolute atomic E-state index is 0.598. The lowest BCUT2D eigenvalue weighted by Crippen LogP contribution is -2.36. The first-order valence-electron chi connectivity index (χ1n) is 5.92. The molecule has 1 aromatic rings. The van der Waals surface area contributed by atoms with Crippen molar-refractivity contribution in [2.75, 3.05) is 0 Å². The van der Waals surface area contributed by atoms with Crippen LogP contribution in [0.15, 0.2) is 30.3 Å². The molecule has 1 atom stereocenters. The number of carboxylic acid groups (broad SMARTS) is 1. The Labute approximate surface area is 96.3 Å². The topological polar surface area (TPSA) is 37.3 Å². The van der Waals surface area contributed by atoms with Gasteiger partial charge in [0, 0.05) is 0 Å². The number of hydrogen-bond acceptors (Lipinski definition) is 1. The normalized spacial score (nSPS) is 19.8. The van der Waals surface area contributed by atoms with Crippen molar-refractivity contribution in [1.29, 1.82) is 0 Å². The summed E-state index contributed by atoms with van der Waals surface area (Å²) in [6, 6.07) is 9.60. The molecule has 16 heavy (non-hydrogen) atoms. The van der Waals surface area contributed by atoms with Gasteiger partial charge in [0.1, 0.15) is 0 Å². The van der Waals surface area contributed by atoms with E-state index in [9.17, 15) is 9.90 Å². The third kappa shape index (κ3) is 1.97. The smallest absolute Gasteiger partial charge is 0.313 e. The predicted octanol–water partition coefficient (Wildman–Crippen LogP) is 3.22. The molecule has 86 valence electrons. The Hall–Kier alpha value is -1.31. The Bertz CT molecular complexity index is 368. The first-order valence-corrected chi connectivity index (χ1v) is 5.92. The Kier molecular flexibility index (Phi) is 2.99. The maximum atomic E-state index is 11.5. The fraction of sp³-hybridized carbons (Fsp3) is 0.500. The number of carbonyl (C=O) groups is 1. The molecule has 1 aromatic carbocycles. The van der Waals surface area contributed by atoms with E-state index < -0.39 is 11.4 Å². The first kappa shape index (κ1) is 11.2. The molecule has 0 amide bonds. The van der Waals surface area contributed by atoms with Gasteiger partial charge in [-0.15, -0.1) is 0 Å². The van der Waals surface area contributed by atoms with E-state index >= 15 is 0 Å². The molecule has 2 heteroatoms. The van der Waals surface area contributed by atoms with Crippen LogP contribution in [-0.4, -0.2) is 11.1 Å². The minimum atomic E-state index is -0.716. The van der Waals surface area contributed by atoms with Crippen molar-refractivity contribution >= 4 is 5.97 Å². The van der Waals surface area contributed by atoms with Crippen molar-refractivity contribution < 1.29 is 9.90 Å². The highest BCUT2D eigenvalue weighted by atomic mass is 16.4. The molecule has 0 radical (unpaired) electrons. The molecule has 2 nitrogen and oxygen atoms in total. The molecule has 2 rings (SSSR count). The van der Waals surface area contributed by atoms with Gasteiger partial charge in [-0.2, -0.15) is 0 Å². The zero-order valence-corrected chi connectivity index (χ0v) is 9.65. The van der Waals surface area contributed by atoms with E-state index in [1.54, 1.807) is 0 Å². The molecule has 1 N–H and O–H groups in total. The summed E-state index contributed by atoms with van der Waals surface area (Å²) >= 11 is 0. The highest BCUT2D eigenvalue weighted by Crippen LogP contribution is 2.39. The van der Waals surface area contributed by atoms with E-state index in [2.05, 4.69) is 0 Å². The van der Waals surface area contributed by atoms with Gasteiger partial charge in [-0.3, -0.25) is 4.79 Å². The van der Waals surface area contributed by atoms with Crippen LogP contribution in [-0.2, 0) is 10.2 Å².